The van der Waals surface area contributed by atoms with Crippen LogP contribution in [0.1, 0.15) is 40.0 Å². The number of benzene rings is 1. The molecule has 2 N–H and O–H groups in total. The summed E-state index contributed by atoms with van der Waals surface area (Å²) >= 11 is 0. The van der Waals surface area contributed by atoms with Crippen LogP contribution in [0.25, 0.3) is 10.9 Å². The molecule has 0 amide bonds. The maximum Gasteiger partial charge on any atom is 0.121 e. The van der Waals surface area contributed by atoms with Crippen molar-refractivity contribution in [2.24, 2.45) is 5.73 Å². The number of hydrogen-bond acceptors (Lipinski definition) is 4. The van der Waals surface area contributed by atoms with Crippen molar-refractivity contribution >= 4 is 16.6 Å². The molecule has 126 valence electrons. The zero-order valence-electron chi connectivity index (χ0n) is 14.8. The first kappa shape index (κ1) is 17.5. The average Bonchev–Trinajstić information content (AvgIpc) is 2.52. The Labute approximate surface area is 139 Å². The molecular formula is C19H29N3O. The minimum absolute atomic E-state index is 0.267. The van der Waals surface area contributed by atoms with Gasteiger partial charge in [0.25, 0.3) is 0 Å². The van der Waals surface area contributed by atoms with Gasteiger partial charge in [-0.25, -0.2) is 0 Å². The van der Waals surface area contributed by atoms with E-state index in [1.807, 2.05) is 18.3 Å². The van der Waals surface area contributed by atoms with E-state index in [1.165, 1.54) is 12.8 Å². The smallest absolute Gasteiger partial charge is 0.121 e. The molecule has 0 aliphatic carbocycles. The number of unbranched alkanes of at least 4 members (excludes halogenated alkanes) is 2. The second-order valence-electron chi connectivity index (χ2n) is 6.84. The summed E-state index contributed by atoms with van der Waals surface area (Å²) in [4.78, 5) is 6.95. The predicted octanol–water partition coefficient (Wildman–Crippen LogP) is 3.98. The second-order valence-corrected chi connectivity index (χ2v) is 6.84. The van der Waals surface area contributed by atoms with E-state index in [0.717, 1.165) is 41.9 Å². The van der Waals surface area contributed by atoms with Crippen LogP contribution in [0.4, 0.5) is 5.69 Å². The molecule has 0 aliphatic rings. The highest BCUT2D eigenvalue weighted by Gasteiger charge is 2.20. The number of pyridine rings is 1. The molecule has 0 saturated carbocycles. The fraction of sp³-hybridized carbons (Fsp3) is 0.526. The summed E-state index contributed by atoms with van der Waals surface area (Å²) in [6.45, 7) is 8.12. The van der Waals surface area contributed by atoms with Gasteiger partial charge in [-0.15, -0.1) is 0 Å². The Bertz CT molecular complexity index is 634. The first-order valence-corrected chi connectivity index (χ1v) is 8.41. The Morgan fingerprint density at radius 3 is 2.70 bits per heavy atom. The van der Waals surface area contributed by atoms with E-state index in [9.17, 15) is 0 Å². The van der Waals surface area contributed by atoms with E-state index in [4.69, 9.17) is 10.5 Å². The summed E-state index contributed by atoms with van der Waals surface area (Å²) in [5, 5.41) is 1.09. The molecule has 0 bridgehead atoms. The summed E-state index contributed by atoms with van der Waals surface area (Å²) in [6.07, 6.45) is 5.42. The van der Waals surface area contributed by atoms with Crippen LogP contribution in [-0.4, -0.2) is 30.7 Å². The van der Waals surface area contributed by atoms with Gasteiger partial charge >= 0.3 is 0 Å². The summed E-state index contributed by atoms with van der Waals surface area (Å²) in [5.41, 5.74) is 8.15. The van der Waals surface area contributed by atoms with Gasteiger partial charge in [0.05, 0.1) is 18.3 Å². The third-order valence-corrected chi connectivity index (χ3v) is 3.86. The molecule has 0 aliphatic heterocycles. The van der Waals surface area contributed by atoms with Gasteiger partial charge in [-0.1, -0.05) is 25.8 Å². The number of rotatable bonds is 8. The van der Waals surface area contributed by atoms with Gasteiger partial charge in [0, 0.05) is 36.3 Å². The van der Waals surface area contributed by atoms with E-state index in [2.05, 4.69) is 42.8 Å². The lowest BCUT2D eigenvalue weighted by Gasteiger charge is -2.32. The number of methoxy groups -OCH3 is 1. The summed E-state index contributed by atoms with van der Waals surface area (Å²) in [7, 11) is 1.70. The minimum Gasteiger partial charge on any atom is -0.497 e. The molecule has 4 heteroatoms. The SMILES string of the molecule is CCCCCN(CC(C)(C)N)c1cc(OC)cc2cccnc12. The van der Waals surface area contributed by atoms with Crippen LogP contribution in [-0.2, 0) is 0 Å². The molecule has 0 unspecified atom stereocenters. The van der Waals surface area contributed by atoms with Crippen molar-refractivity contribution < 1.29 is 4.74 Å². The van der Waals surface area contributed by atoms with Crippen molar-refractivity contribution in [3.05, 3.63) is 30.5 Å². The van der Waals surface area contributed by atoms with Gasteiger partial charge in [-0.2, -0.15) is 0 Å². The number of ether oxygens (including phenoxy) is 1. The highest BCUT2D eigenvalue weighted by Crippen LogP contribution is 2.31. The molecule has 1 heterocycles. The topological polar surface area (TPSA) is 51.4 Å². The Kier molecular flexibility index (Phi) is 5.83. The Morgan fingerprint density at radius 1 is 1.26 bits per heavy atom. The number of fused-ring (bicyclic) bond motifs is 1. The zero-order chi connectivity index (χ0) is 16.9. The maximum absolute atomic E-state index is 6.30. The van der Waals surface area contributed by atoms with Crippen LogP contribution in [0, 0.1) is 0 Å². The van der Waals surface area contributed by atoms with Crippen LogP contribution >= 0.6 is 0 Å². The van der Waals surface area contributed by atoms with E-state index < -0.39 is 0 Å². The summed E-state index contributed by atoms with van der Waals surface area (Å²) in [5.74, 6) is 0.857. The lowest BCUT2D eigenvalue weighted by atomic mass is 10.0. The zero-order valence-corrected chi connectivity index (χ0v) is 14.8. The molecule has 4 nitrogen and oxygen atoms in total. The molecule has 1 aromatic carbocycles. The van der Waals surface area contributed by atoms with Gasteiger partial charge in [-0.05, 0) is 32.4 Å². The highest BCUT2D eigenvalue weighted by molar-refractivity contribution is 5.92. The second kappa shape index (κ2) is 7.64. The number of nitrogens with zero attached hydrogens (tertiary/aromatic N) is 2. The van der Waals surface area contributed by atoms with E-state index >= 15 is 0 Å². The van der Waals surface area contributed by atoms with Crippen molar-refractivity contribution in [1.82, 2.24) is 4.98 Å². The number of hydrogen-bond donors (Lipinski definition) is 1. The van der Waals surface area contributed by atoms with Gasteiger partial charge in [-0.3, -0.25) is 4.98 Å². The number of anilines is 1. The van der Waals surface area contributed by atoms with Crippen LogP contribution < -0.4 is 15.4 Å². The largest absolute Gasteiger partial charge is 0.497 e. The molecule has 0 spiro atoms. The lowest BCUT2D eigenvalue weighted by Crippen LogP contribution is -2.46. The first-order valence-electron chi connectivity index (χ1n) is 8.41. The Hall–Kier alpha value is -1.81. The van der Waals surface area contributed by atoms with Crippen molar-refractivity contribution in [3.63, 3.8) is 0 Å². The third kappa shape index (κ3) is 4.83. The lowest BCUT2D eigenvalue weighted by molar-refractivity contribution is 0.415. The number of nitrogens with two attached hydrogens (primary N) is 1. The molecule has 1 aromatic heterocycles. The quantitative estimate of drug-likeness (QED) is 0.749. The molecule has 0 saturated heterocycles. The molecular weight excluding hydrogens is 286 g/mol. The normalized spacial score (nSPS) is 11.7. The fourth-order valence-electron chi connectivity index (χ4n) is 2.83. The van der Waals surface area contributed by atoms with Crippen molar-refractivity contribution in [2.75, 3.05) is 25.1 Å². The molecule has 2 rings (SSSR count). The van der Waals surface area contributed by atoms with Gasteiger partial charge in [0.2, 0.25) is 0 Å². The fourth-order valence-corrected chi connectivity index (χ4v) is 2.83. The van der Waals surface area contributed by atoms with Crippen LogP contribution in [0.3, 0.4) is 0 Å². The molecule has 23 heavy (non-hydrogen) atoms. The van der Waals surface area contributed by atoms with Gasteiger partial charge in [0.15, 0.2) is 0 Å². The Morgan fingerprint density at radius 2 is 2.04 bits per heavy atom. The highest BCUT2D eigenvalue weighted by atomic mass is 16.5. The van der Waals surface area contributed by atoms with Crippen LogP contribution in [0.2, 0.25) is 0 Å². The number of aromatic nitrogens is 1. The molecule has 0 atom stereocenters. The van der Waals surface area contributed by atoms with Crippen molar-refractivity contribution in [1.29, 1.82) is 0 Å². The van der Waals surface area contributed by atoms with Crippen molar-refractivity contribution in [3.8, 4) is 5.75 Å². The summed E-state index contributed by atoms with van der Waals surface area (Å²) < 4.78 is 5.48. The van der Waals surface area contributed by atoms with Gasteiger partial charge in [0.1, 0.15) is 5.75 Å². The van der Waals surface area contributed by atoms with E-state index in [1.54, 1.807) is 7.11 Å². The molecule has 0 fully saturated rings. The Balaban J connectivity index is 2.44. The van der Waals surface area contributed by atoms with Crippen molar-refractivity contribution in [2.45, 2.75) is 45.6 Å². The van der Waals surface area contributed by atoms with Crippen LogP contribution in [0.15, 0.2) is 30.5 Å². The standard InChI is InChI=1S/C19H29N3O/c1-5-6-7-11-22(14-19(2,3)20)17-13-16(23-4)12-15-9-8-10-21-18(15)17/h8-10,12-13H,5-7,11,14,20H2,1-4H3. The van der Waals surface area contributed by atoms with E-state index in [0.29, 0.717) is 0 Å². The third-order valence-electron chi connectivity index (χ3n) is 3.86. The van der Waals surface area contributed by atoms with E-state index in [-0.39, 0.29) is 5.54 Å². The minimum atomic E-state index is -0.267. The molecule has 0 radical (unpaired) electrons. The maximum atomic E-state index is 6.30. The average molecular weight is 315 g/mol. The molecule has 2 aromatic rings. The van der Waals surface area contributed by atoms with Gasteiger partial charge < -0.3 is 15.4 Å². The monoisotopic (exact) mass is 315 g/mol. The first-order chi connectivity index (χ1) is 10.9. The van der Waals surface area contributed by atoms with Crippen LogP contribution in [0.5, 0.6) is 5.75 Å². The predicted molar refractivity (Wildman–Crippen MR) is 98.3 cm³/mol. The summed E-state index contributed by atoms with van der Waals surface area (Å²) in [6, 6.07) is 8.14.